The van der Waals surface area contributed by atoms with E-state index in [0.29, 0.717) is 17.9 Å². The second-order valence-corrected chi connectivity index (χ2v) is 10.1. The number of anilines is 3. The number of piperidine rings is 1. The van der Waals surface area contributed by atoms with Crippen molar-refractivity contribution in [3.05, 3.63) is 71.4 Å². The van der Waals surface area contributed by atoms with Crippen LogP contribution < -0.4 is 25.6 Å². The Kier molecular flexibility index (Phi) is 8.24. The van der Waals surface area contributed by atoms with E-state index in [1.54, 1.807) is 4.90 Å². The molecule has 3 heterocycles. The zero-order chi connectivity index (χ0) is 29.0. The largest absolute Gasteiger partial charge is 0.573 e. The average Bonchev–Trinajstić information content (AvgIpc) is 3.08. The summed E-state index contributed by atoms with van der Waals surface area (Å²) in [5.74, 6) is -0.787. The van der Waals surface area contributed by atoms with Crippen LogP contribution in [-0.4, -0.2) is 65.8 Å². The van der Waals surface area contributed by atoms with Crippen molar-refractivity contribution in [1.82, 2.24) is 25.5 Å². The summed E-state index contributed by atoms with van der Waals surface area (Å²) < 4.78 is 44.3. The van der Waals surface area contributed by atoms with Crippen molar-refractivity contribution in [3.8, 4) is 5.75 Å². The third-order valence-electron chi connectivity index (χ3n) is 6.94. The summed E-state index contributed by atoms with van der Waals surface area (Å²) >= 11 is 0. The Hall–Kier alpha value is -4.39. The van der Waals surface area contributed by atoms with Gasteiger partial charge < -0.3 is 30.5 Å². The standard InChI is InChI=1S/C28H30F3N7O3/c1-37-11-9-21(10-12-37)34-26(40)19-7-8-22(23(13-19)41-28(29,30)31)35-27-33-15-20-14-32-24(39)17-38(25(20)36-27)16-18-5-3-2-4-6-18/h2-8,13,15,21H,9-12,14,16-17H2,1H3,(H,32,39)(H,34,40)(H,33,35,36). The molecule has 1 aromatic heterocycles. The summed E-state index contributed by atoms with van der Waals surface area (Å²) in [6.07, 6.45) is -1.97. The van der Waals surface area contributed by atoms with E-state index in [0.717, 1.165) is 37.6 Å². The van der Waals surface area contributed by atoms with Crippen molar-refractivity contribution >= 4 is 29.3 Å². The first-order chi connectivity index (χ1) is 19.6. The number of amides is 2. The lowest BCUT2D eigenvalue weighted by Gasteiger charge is -2.29. The maximum absolute atomic E-state index is 13.3. The van der Waals surface area contributed by atoms with Gasteiger partial charge in [-0.3, -0.25) is 9.59 Å². The molecule has 13 heteroatoms. The van der Waals surface area contributed by atoms with Crippen LogP contribution in [0.5, 0.6) is 5.75 Å². The lowest BCUT2D eigenvalue weighted by molar-refractivity contribution is -0.274. The number of nitrogens with one attached hydrogen (secondary N) is 3. The fourth-order valence-electron chi connectivity index (χ4n) is 4.81. The molecule has 0 bridgehead atoms. The zero-order valence-corrected chi connectivity index (χ0v) is 22.4. The predicted octanol–water partition coefficient (Wildman–Crippen LogP) is 3.58. The zero-order valence-electron chi connectivity index (χ0n) is 22.4. The number of rotatable bonds is 7. The molecule has 1 fully saturated rings. The molecule has 2 aliphatic heterocycles. The molecule has 0 saturated carbocycles. The molecule has 0 aliphatic carbocycles. The van der Waals surface area contributed by atoms with Gasteiger partial charge in [-0.15, -0.1) is 13.2 Å². The van der Waals surface area contributed by atoms with Gasteiger partial charge in [-0.2, -0.15) is 4.98 Å². The fraction of sp³-hybridized carbons (Fsp3) is 0.357. The topological polar surface area (TPSA) is 112 Å². The molecule has 1 saturated heterocycles. The van der Waals surface area contributed by atoms with Crippen molar-refractivity contribution in [2.75, 3.05) is 36.9 Å². The minimum absolute atomic E-state index is 0.00621. The molecule has 2 aliphatic rings. The van der Waals surface area contributed by atoms with Crippen molar-refractivity contribution < 1.29 is 27.5 Å². The van der Waals surface area contributed by atoms with Crippen molar-refractivity contribution in [1.29, 1.82) is 0 Å². The van der Waals surface area contributed by atoms with Gasteiger partial charge in [-0.25, -0.2) is 4.98 Å². The number of carbonyl (C=O) groups is 2. The van der Waals surface area contributed by atoms with E-state index in [1.165, 1.54) is 18.3 Å². The molecule has 0 spiro atoms. The van der Waals surface area contributed by atoms with Crippen LogP contribution in [0.15, 0.2) is 54.7 Å². The number of aromatic nitrogens is 2. The number of benzene rings is 2. The summed E-state index contributed by atoms with van der Waals surface area (Å²) in [7, 11) is 2.00. The minimum atomic E-state index is -4.99. The predicted molar refractivity (Wildman–Crippen MR) is 146 cm³/mol. The number of hydrogen-bond acceptors (Lipinski definition) is 8. The molecule has 3 N–H and O–H groups in total. The Morgan fingerprint density at radius 3 is 2.63 bits per heavy atom. The Morgan fingerprint density at radius 1 is 1.15 bits per heavy atom. The maximum atomic E-state index is 13.3. The van der Waals surface area contributed by atoms with Gasteiger partial charge in [0, 0.05) is 36.5 Å². The van der Waals surface area contributed by atoms with E-state index in [1.807, 2.05) is 37.4 Å². The molecule has 2 amide bonds. The Bertz CT molecular complexity index is 1400. The monoisotopic (exact) mass is 569 g/mol. The van der Waals surface area contributed by atoms with Gasteiger partial charge in [0.25, 0.3) is 5.91 Å². The second-order valence-electron chi connectivity index (χ2n) is 10.1. The lowest BCUT2D eigenvalue weighted by atomic mass is 10.0. The van der Waals surface area contributed by atoms with Crippen LogP contribution in [0.2, 0.25) is 0 Å². The SMILES string of the molecule is CN1CCC(NC(=O)c2ccc(Nc3ncc4c(n3)N(Cc3ccccc3)CC(=O)NC4)c(OC(F)(F)F)c2)CC1. The third-order valence-corrected chi connectivity index (χ3v) is 6.94. The molecule has 0 radical (unpaired) electrons. The van der Waals surface area contributed by atoms with Gasteiger partial charge in [-0.05, 0) is 56.7 Å². The minimum Gasteiger partial charge on any atom is -0.404 e. The molecular weight excluding hydrogens is 539 g/mol. The van der Waals surface area contributed by atoms with Gasteiger partial charge in [0.05, 0.1) is 12.2 Å². The van der Waals surface area contributed by atoms with E-state index < -0.39 is 18.0 Å². The van der Waals surface area contributed by atoms with Crippen molar-refractivity contribution in [2.45, 2.75) is 38.3 Å². The second kappa shape index (κ2) is 12.0. The van der Waals surface area contributed by atoms with Crippen LogP contribution in [0.3, 0.4) is 0 Å². The van der Waals surface area contributed by atoms with E-state index in [4.69, 9.17) is 0 Å². The van der Waals surface area contributed by atoms with Crippen LogP contribution in [-0.2, 0) is 17.9 Å². The smallest absolute Gasteiger partial charge is 0.404 e. The number of fused-ring (bicyclic) bond motifs is 1. The van der Waals surface area contributed by atoms with Crippen LogP contribution in [0.4, 0.5) is 30.6 Å². The van der Waals surface area contributed by atoms with Crippen molar-refractivity contribution in [2.24, 2.45) is 0 Å². The number of alkyl halides is 3. The van der Waals surface area contributed by atoms with Crippen LogP contribution in [0.25, 0.3) is 0 Å². The van der Waals surface area contributed by atoms with Gasteiger partial charge in [0.15, 0.2) is 5.75 Å². The first kappa shape index (κ1) is 28.1. The normalized spacial score (nSPS) is 16.4. The quantitative estimate of drug-likeness (QED) is 0.396. The van der Waals surface area contributed by atoms with Crippen molar-refractivity contribution in [3.63, 3.8) is 0 Å². The average molecular weight is 570 g/mol. The number of nitrogens with zero attached hydrogens (tertiary/aromatic N) is 4. The van der Waals surface area contributed by atoms with Gasteiger partial charge in [-0.1, -0.05) is 30.3 Å². The molecule has 10 nitrogen and oxygen atoms in total. The molecule has 5 rings (SSSR count). The summed E-state index contributed by atoms with van der Waals surface area (Å²) in [4.78, 5) is 37.9. The van der Waals surface area contributed by atoms with Crippen LogP contribution in [0.1, 0.15) is 34.3 Å². The molecule has 3 aromatic rings. The molecule has 41 heavy (non-hydrogen) atoms. The number of hydrogen-bond donors (Lipinski definition) is 3. The third kappa shape index (κ3) is 7.42. The highest BCUT2D eigenvalue weighted by atomic mass is 19.4. The van der Waals surface area contributed by atoms with E-state index >= 15 is 0 Å². The van der Waals surface area contributed by atoms with Crippen LogP contribution >= 0.6 is 0 Å². The summed E-state index contributed by atoms with van der Waals surface area (Å²) in [6, 6.07) is 13.3. The van der Waals surface area contributed by atoms with Gasteiger partial charge in [0.2, 0.25) is 11.9 Å². The molecular formula is C28H30F3N7O3. The Balaban J connectivity index is 1.40. The highest BCUT2D eigenvalue weighted by Crippen LogP contribution is 2.34. The Labute approximate surface area is 234 Å². The van der Waals surface area contributed by atoms with Gasteiger partial charge >= 0.3 is 6.36 Å². The van der Waals surface area contributed by atoms with Crippen LogP contribution in [0, 0.1) is 0 Å². The van der Waals surface area contributed by atoms with E-state index in [9.17, 15) is 22.8 Å². The highest BCUT2D eigenvalue weighted by Gasteiger charge is 2.33. The highest BCUT2D eigenvalue weighted by molar-refractivity contribution is 5.95. The number of carbonyl (C=O) groups excluding carboxylic acids is 2. The maximum Gasteiger partial charge on any atom is 0.573 e. The lowest BCUT2D eigenvalue weighted by Crippen LogP contribution is -2.43. The number of likely N-dealkylation sites (tertiary alicyclic amines) is 1. The molecule has 0 atom stereocenters. The molecule has 2 aromatic carbocycles. The number of halogens is 3. The fourth-order valence-corrected chi connectivity index (χ4v) is 4.81. The molecule has 0 unspecified atom stereocenters. The van der Waals surface area contributed by atoms with E-state index in [-0.39, 0.29) is 42.2 Å². The number of ether oxygens (including phenoxy) is 1. The van der Waals surface area contributed by atoms with E-state index in [2.05, 4.69) is 35.6 Å². The summed E-state index contributed by atoms with van der Waals surface area (Å²) in [6.45, 7) is 2.29. The summed E-state index contributed by atoms with van der Waals surface area (Å²) in [5.41, 5.74) is 1.58. The van der Waals surface area contributed by atoms with Gasteiger partial charge in [0.1, 0.15) is 5.82 Å². The Morgan fingerprint density at radius 2 is 1.90 bits per heavy atom. The molecule has 216 valence electrons. The first-order valence-corrected chi connectivity index (χ1v) is 13.2. The first-order valence-electron chi connectivity index (χ1n) is 13.2. The summed E-state index contributed by atoms with van der Waals surface area (Å²) in [5, 5.41) is 8.50.